The average Bonchev–Trinajstić information content (AvgIpc) is 2.37. The molecule has 0 N–H and O–H groups in total. The molecular weight excluding hydrogens is 184 g/mol. The molecular formula is C9H14N2O3. The molecule has 0 radical (unpaired) electrons. The fraction of sp³-hybridized carbons (Fsp3) is 0.778. The van der Waals surface area contributed by atoms with E-state index in [1.807, 2.05) is 7.05 Å². The van der Waals surface area contributed by atoms with Crippen molar-refractivity contribution in [3.05, 3.63) is 0 Å². The number of amides is 2. The number of likely N-dealkylation sites (N-methyl/N-ethyl adjacent to an activating group) is 1. The molecule has 0 aliphatic carbocycles. The van der Waals surface area contributed by atoms with E-state index in [1.54, 1.807) is 0 Å². The first-order valence-corrected chi connectivity index (χ1v) is 4.75. The van der Waals surface area contributed by atoms with Gasteiger partial charge in [-0.2, -0.15) is 0 Å². The van der Waals surface area contributed by atoms with Crippen LogP contribution in [0.15, 0.2) is 0 Å². The molecule has 0 aromatic rings. The molecule has 14 heavy (non-hydrogen) atoms. The number of hydrogen-bond acceptors (Lipinski definition) is 4. The number of rotatable bonds is 0. The van der Waals surface area contributed by atoms with Crippen LogP contribution < -0.4 is 0 Å². The maximum atomic E-state index is 11.8. The highest BCUT2D eigenvalue weighted by atomic mass is 16.6. The van der Waals surface area contributed by atoms with Crippen LogP contribution >= 0.6 is 0 Å². The van der Waals surface area contributed by atoms with Gasteiger partial charge in [-0.3, -0.25) is 4.79 Å². The zero-order valence-corrected chi connectivity index (χ0v) is 8.45. The average molecular weight is 198 g/mol. The van der Waals surface area contributed by atoms with Gasteiger partial charge in [0, 0.05) is 33.0 Å². The highest BCUT2D eigenvalue weighted by Crippen LogP contribution is 2.33. The minimum absolute atomic E-state index is 0.185. The SMILES string of the molecule is CN1CCC2(CC1)OC(=O)N(C)C2=O. The highest BCUT2D eigenvalue weighted by Gasteiger charge is 2.53. The molecule has 2 amide bonds. The van der Waals surface area contributed by atoms with Crippen molar-refractivity contribution in [2.75, 3.05) is 27.2 Å². The molecule has 1 spiro atoms. The normalized spacial score (nSPS) is 27.1. The van der Waals surface area contributed by atoms with E-state index in [9.17, 15) is 9.59 Å². The third-order valence-corrected chi connectivity index (χ3v) is 3.05. The summed E-state index contributed by atoms with van der Waals surface area (Å²) in [4.78, 5) is 26.2. The zero-order valence-electron chi connectivity index (χ0n) is 8.45. The molecule has 2 fully saturated rings. The second kappa shape index (κ2) is 2.95. The maximum Gasteiger partial charge on any atom is 0.417 e. The molecule has 0 aromatic heterocycles. The summed E-state index contributed by atoms with van der Waals surface area (Å²) in [6.07, 6.45) is 0.705. The van der Waals surface area contributed by atoms with Crippen molar-refractivity contribution < 1.29 is 14.3 Å². The van der Waals surface area contributed by atoms with E-state index in [-0.39, 0.29) is 5.91 Å². The second-order valence-electron chi connectivity index (χ2n) is 4.03. The van der Waals surface area contributed by atoms with Gasteiger partial charge in [-0.1, -0.05) is 0 Å². The molecule has 2 heterocycles. The molecule has 5 heteroatoms. The first-order chi connectivity index (χ1) is 6.55. The molecule has 0 bridgehead atoms. The Morgan fingerprint density at radius 3 is 2.21 bits per heavy atom. The Bertz CT molecular complexity index is 282. The fourth-order valence-corrected chi connectivity index (χ4v) is 1.96. The van der Waals surface area contributed by atoms with Crippen LogP contribution in [0.25, 0.3) is 0 Å². The first kappa shape index (κ1) is 9.45. The van der Waals surface area contributed by atoms with Gasteiger partial charge in [0.25, 0.3) is 5.91 Å². The number of piperidine rings is 1. The Balaban J connectivity index is 2.18. The third kappa shape index (κ3) is 1.19. The van der Waals surface area contributed by atoms with Crippen molar-refractivity contribution in [1.82, 2.24) is 9.80 Å². The summed E-state index contributed by atoms with van der Waals surface area (Å²) < 4.78 is 5.17. The smallest absolute Gasteiger partial charge is 0.417 e. The first-order valence-electron chi connectivity index (χ1n) is 4.75. The van der Waals surface area contributed by atoms with Gasteiger partial charge in [0.2, 0.25) is 0 Å². The lowest BCUT2D eigenvalue weighted by Crippen LogP contribution is -2.48. The van der Waals surface area contributed by atoms with E-state index in [0.717, 1.165) is 18.0 Å². The van der Waals surface area contributed by atoms with Gasteiger partial charge < -0.3 is 9.64 Å². The van der Waals surface area contributed by atoms with E-state index in [0.29, 0.717) is 12.8 Å². The summed E-state index contributed by atoms with van der Waals surface area (Å²) >= 11 is 0. The maximum absolute atomic E-state index is 11.8. The Morgan fingerprint density at radius 2 is 1.79 bits per heavy atom. The van der Waals surface area contributed by atoms with Crippen molar-refractivity contribution in [3.63, 3.8) is 0 Å². The van der Waals surface area contributed by atoms with Crippen LogP contribution in [0.2, 0.25) is 0 Å². The van der Waals surface area contributed by atoms with Crippen molar-refractivity contribution >= 4 is 12.0 Å². The van der Waals surface area contributed by atoms with Gasteiger partial charge in [-0.25, -0.2) is 9.69 Å². The lowest BCUT2D eigenvalue weighted by atomic mass is 9.91. The number of carbonyl (C=O) groups excluding carboxylic acids is 2. The standard InChI is InChI=1S/C9H14N2O3/c1-10-5-3-9(4-6-10)7(12)11(2)8(13)14-9/h3-6H2,1-2H3. The minimum atomic E-state index is -0.849. The summed E-state index contributed by atoms with van der Waals surface area (Å²) in [5, 5.41) is 0. The topological polar surface area (TPSA) is 49.9 Å². The molecule has 0 atom stereocenters. The summed E-state index contributed by atoms with van der Waals surface area (Å²) in [5.41, 5.74) is -0.849. The quantitative estimate of drug-likeness (QED) is 0.552. The van der Waals surface area contributed by atoms with E-state index in [4.69, 9.17) is 4.74 Å². The number of imide groups is 1. The minimum Gasteiger partial charge on any atom is -0.432 e. The van der Waals surface area contributed by atoms with Crippen molar-refractivity contribution in [2.24, 2.45) is 0 Å². The number of carbonyl (C=O) groups is 2. The summed E-state index contributed by atoms with van der Waals surface area (Å²) in [6, 6.07) is 0. The molecule has 2 aliphatic heterocycles. The number of likely N-dealkylation sites (tertiary alicyclic amines) is 1. The largest absolute Gasteiger partial charge is 0.432 e. The lowest BCUT2D eigenvalue weighted by molar-refractivity contribution is -0.139. The van der Waals surface area contributed by atoms with Crippen LogP contribution in [0, 0.1) is 0 Å². The van der Waals surface area contributed by atoms with Gasteiger partial charge in [0.15, 0.2) is 5.60 Å². The molecule has 78 valence electrons. The van der Waals surface area contributed by atoms with Crippen molar-refractivity contribution in [2.45, 2.75) is 18.4 Å². The lowest BCUT2D eigenvalue weighted by Gasteiger charge is -2.33. The summed E-state index contributed by atoms with van der Waals surface area (Å²) in [6.45, 7) is 1.60. The monoisotopic (exact) mass is 198 g/mol. The van der Waals surface area contributed by atoms with Crippen LogP contribution in [-0.2, 0) is 9.53 Å². The van der Waals surface area contributed by atoms with Crippen LogP contribution in [-0.4, -0.2) is 54.6 Å². The van der Waals surface area contributed by atoms with Gasteiger partial charge in [-0.15, -0.1) is 0 Å². The molecule has 2 saturated heterocycles. The number of hydrogen-bond donors (Lipinski definition) is 0. The van der Waals surface area contributed by atoms with Gasteiger partial charge in [0.1, 0.15) is 0 Å². The van der Waals surface area contributed by atoms with Crippen LogP contribution in [0.4, 0.5) is 4.79 Å². The van der Waals surface area contributed by atoms with E-state index in [2.05, 4.69) is 4.90 Å². The molecule has 0 saturated carbocycles. The predicted molar refractivity (Wildman–Crippen MR) is 48.7 cm³/mol. The Hall–Kier alpha value is -1.10. The zero-order chi connectivity index (χ0) is 10.3. The van der Waals surface area contributed by atoms with Crippen LogP contribution in [0.3, 0.4) is 0 Å². The van der Waals surface area contributed by atoms with E-state index >= 15 is 0 Å². The second-order valence-corrected chi connectivity index (χ2v) is 4.03. The Labute approximate surface area is 82.6 Å². The number of ether oxygens (including phenoxy) is 1. The van der Waals surface area contributed by atoms with Crippen LogP contribution in [0.5, 0.6) is 0 Å². The predicted octanol–water partition coefficient (Wildman–Crippen LogP) is 0.0594. The molecule has 2 aliphatic rings. The summed E-state index contributed by atoms with van der Waals surface area (Å²) in [7, 11) is 3.47. The van der Waals surface area contributed by atoms with Crippen molar-refractivity contribution in [1.29, 1.82) is 0 Å². The van der Waals surface area contributed by atoms with E-state index < -0.39 is 11.7 Å². The summed E-state index contributed by atoms with van der Waals surface area (Å²) in [5.74, 6) is -0.185. The fourth-order valence-electron chi connectivity index (χ4n) is 1.96. The van der Waals surface area contributed by atoms with Gasteiger partial charge >= 0.3 is 6.09 Å². The third-order valence-electron chi connectivity index (χ3n) is 3.05. The molecule has 0 unspecified atom stereocenters. The van der Waals surface area contributed by atoms with Gasteiger partial charge in [-0.05, 0) is 7.05 Å². The molecule has 0 aromatic carbocycles. The molecule has 5 nitrogen and oxygen atoms in total. The Kier molecular flexibility index (Phi) is 1.99. The molecule has 2 rings (SSSR count). The van der Waals surface area contributed by atoms with Crippen molar-refractivity contribution in [3.8, 4) is 0 Å². The Morgan fingerprint density at radius 1 is 1.21 bits per heavy atom. The number of nitrogens with zero attached hydrogens (tertiary/aromatic N) is 2. The van der Waals surface area contributed by atoms with E-state index in [1.165, 1.54) is 7.05 Å². The van der Waals surface area contributed by atoms with Gasteiger partial charge in [0.05, 0.1) is 0 Å². The highest BCUT2D eigenvalue weighted by molar-refractivity contribution is 6.02. The van der Waals surface area contributed by atoms with Crippen LogP contribution in [0.1, 0.15) is 12.8 Å².